The molecule has 124 valence electrons. The Bertz CT molecular complexity index is 795. The first-order valence-corrected chi connectivity index (χ1v) is 10.5. The van der Waals surface area contributed by atoms with Gasteiger partial charge in [0.2, 0.25) is 5.91 Å². The van der Waals surface area contributed by atoms with Crippen molar-refractivity contribution in [3.05, 3.63) is 28.2 Å². The number of aliphatic imine (C=N–C) groups is 1. The molecule has 5 nitrogen and oxygen atoms in total. The van der Waals surface area contributed by atoms with Gasteiger partial charge in [0.1, 0.15) is 0 Å². The standard InChI is InChI=1S/C14H14Cl2N2O3S2/c1-2-13(19)17-14-18(10-4-3-8(15)5-9(10)16)11-6-23(20,21)7-12(11)22-14/h3-5,11-12H,2,6-7H2,1H3/t11-,12-/m0/s1. The minimum atomic E-state index is -3.10. The number of sulfone groups is 1. The number of benzene rings is 1. The molecule has 1 amide bonds. The Hall–Kier alpha value is -0.760. The minimum Gasteiger partial charge on any atom is -0.314 e. The molecule has 0 unspecified atom stereocenters. The van der Waals surface area contributed by atoms with Crippen molar-refractivity contribution in [1.82, 2.24) is 0 Å². The average Bonchev–Trinajstić information content (AvgIpc) is 2.91. The second-order valence-corrected chi connectivity index (χ2v) is 9.61. The molecular weight excluding hydrogens is 379 g/mol. The van der Waals surface area contributed by atoms with E-state index in [1.807, 2.05) is 0 Å². The number of thioether (sulfide) groups is 1. The van der Waals surface area contributed by atoms with E-state index in [1.54, 1.807) is 30.0 Å². The molecule has 2 heterocycles. The predicted molar refractivity (Wildman–Crippen MR) is 95.5 cm³/mol. The summed E-state index contributed by atoms with van der Waals surface area (Å²) in [5, 5.41) is 1.25. The number of hydrogen-bond donors (Lipinski definition) is 0. The van der Waals surface area contributed by atoms with Crippen LogP contribution < -0.4 is 4.90 Å². The van der Waals surface area contributed by atoms with E-state index in [0.717, 1.165) is 0 Å². The van der Waals surface area contributed by atoms with Crippen molar-refractivity contribution >= 4 is 61.6 Å². The molecule has 0 saturated carbocycles. The summed E-state index contributed by atoms with van der Waals surface area (Å²) in [4.78, 5) is 17.6. The van der Waals surface area contributed by atoms with Gasteiger partial charge in [-0.25, -0.2) is 8.42 Å². The second-order valence-electron chi connectivity index (χ2n) is 5.41. The van der Waals surface area contributed by atoms with Gasteiger partial charge in [0, 0.05) is 16.7 Å². The van der Waals surface area contributed by atoms with Crippen LogP contribution in [-0.2, 0) is 14.6 Å². The van der Waals surface area contributed by atoms with E-state index in [9.17, 15) is 13.2 Å². The molecule has 3 rings (SSSR count). The third-order valence-corrected chi connectivity index (χ3v) is 7.51. The van der Waals surface area contributed by atoms with E-state index < -0.39 is 9.84 Å². The van der Waals surface area contributed by atoms with Gasteiger partial charge >= 0.3 is 0 Å². The van der Waals surface area contributed by atoms with Gasteiger partial charge < -0.3 is 4.90 Å². The Kier molecular flexibility index (Phi) is 4.66. The lowest BCUT2D eigenvalue weighted by Crippen LogP contribution is -2.37. The first kappa shape index (κ1) is 17.1. The Labute approximate surface area is 149 Å². The molecule has 1 aromatic rings. The maximum atomic E-state index is 11.9. The first-order chi connectivity index (χ1) is 10.8. The van der Waals surface area contributed by atoms with Crippen molar-refractivity contribution in [3.8, 4) is 0 Å². The molecule has 23 heavy (non-hydrogen) atoms. The smallest absolute Gasteiger partial charge is 0.247 e. The number of amides is 1. The van der Waals surface area contributed by atoms with Gasteiger partial charge in [-0.1, -0.05) is 41.9 Å². The predicted octanol–water partition coefficient (Wildman–Crippen LogP) is 3.00. The molecule has 0 aromatic heterocycles. The number of rotatable bonds is 2. The molecule has 0 spiro atoms. The van der Waals surface area contributed by atoms with Gasteiger partial charge in [-0.15, -0.1) is 0 Å². The van der Waals surface area contributed by atoms with E-state index in [0.29, 0.717) is 27.3 Å². The summed E-state index contributed by atoms with van der Waals surface area (Å²) in [5.74, 6) is -0.128. The van der Waals surface area contributed by atoms with Crippen LogP contribution >= 0.6 is 35.0 Å². The minimum absolute atomic E-state index is 0.0307. The van der Waals surface area contributed by atoms with Crippen LogP contribution in [0.2, 0.25) is 10.0 Å². The van der Waals surface area contributed by atoms with Crippen LogP contribution in [0.1, 0.15) is 13.3 Å². The Morgan fingerprint density at radius 1 is 1.39 bits per heavy atom. The Morgan fingerprint density at radius 2 is 2.13 bits per heavy atom. The first-order valence-electron chi connectivity index (χ1n) is 7.03. The lowest BCUT2D eigenvalue weighted by Gasteiger charge is -2.25. The highest BCUT2D eigenvalue weighted by Crippen LogP contribution is 2.43. The number of amidine groups is 1. The molecule has 2 saturated heterocycles. The third-order valence-electron chi connectivity index (χ3n) is 3.76. The second kappa shape index (κ2) is 6.27. The zero-order valence-electron chi connectivity index (χ0n) is 12.2. The molecular formula is C14H14Cl2N2O3S2. The fourth-order valence-corrected chi connectivity index (χ4v) is 7.13. The van der Waals surface area contributed by atoms with Gasteiger partial charge in [-0.3, -0.25) is 4.79 Å². The lowest BCUT2D eigenvalue weighted by atomic mass is 10.2. The van der Waals surface area contributed by atoms with E-state index in [4.69, 9.17) is 23.2 Å². The zero-order valence-corrected chi connectivity index (χ0v) is 15.3. The molecule has 0 radical (unpaired) electrons. The number of carbonyl (C=O) groups excluding carboxylic acids is 1. The molecule has 0 bridgehead atoms. The fraction of sp³-hybridized carbons (Fsp3) is 0.429. The highest BCUT2D eigenvalue weighted by Gasteiger charge is 2.49. The fourth-order valence-electron chi connectivity index (χ4n) is 2.71. The van der Waals surface area contributed by atoms with Crippen molar-refractivity contribution in [3.63, 3.8) is 0 Å². The van der Waals surface area contributed by atoms with Gasteiger partial charge in [-0.05, 0) is 18.2 Å². The van der Waals surface area contributed by atoms with Gasteiger partial charge in [0.15, 0.2) is 15.0 Å². The lowest BCUT2D eigenvalue weighted by molar-refractivity contribution is -0.117. The number of nitrogens with zero attached hydrogens (tertiary/aromatic N) is 2. The monoisotopic (exact) mass is 392 g/mol. The highest BCUT2D eigenvalue weighted by molar-refractivity contribution is 8.16. The van der Waals surface area contributed by atoms with Crippen molar-refractivity contribution in [2.45, 2.75) is 24.6 Å². The summed E-state index contributed by atoms with van der Waals surface area (Å²) in [6.45, 7) is 1.73. The van der Waals surface area contributed by atoms with E-state index >= 15 is 0 Å². The maximum absolute atomic E-state index is 11.9. The quantitative estimate of drug-likeness (QED) is 0.773. The third kappa shape index (κ3) is 3.38. The summed E-state index contributed by atoms with van der Waals surface area (Å²) >= 11 is 13.5. The van der Waals surface area contributed by atoms with Gasteiger partial charge in [-0.2, -0.15) is 4.99 Å². The molecule has 2 atom stereocenters. The molecule has 1 aromatic carbocycles. The van der Waals surface area contributed by atoms with E-state index in [1.165, 1.54) is 11.8 Å². The van der Waals surface area contributed by atoms with Gasteiger partial charge in [0.25, 0.3) is 0 Å². The van der Waals surface area contributed by atoms with Crippen molar-refractivity contribution < 1.29 is 13.2 Å². The van der Waals surface area contributed by atoms with E-state index in [-0.39, 0.29) is 28.7 Å². The van der Waals surface area contributed by atoms with Crippen molar-refractivity contribution in [2.24, 2.45) is 4.99 Å². The van der Waals surface area contributed by atoms with Crippen LogP contribution in [0.4, 0.5) is 5.69 Å². The highest BCUT2D eigenvalue weighted by atomic mass is 35.5. The molecule has 2 aliphatic heterocycles. The summed E-state index contributed by atoms with van der Waals surface area (Å²) in [6, 6.07) is 4.74. The molecule has 2 aliphatic rings. The Balaban J connectivity index is 2.06. The van der Waals surface area contributed by atoms with Crippen LogP contribution in [0.15, 0.2) is 23.2 Å². The van der Waals surface area contributed by atoms with Crippen molar-refractivity contribution in [1.29, 1.82) is 0 Å². The topological polar surface area (TPSA) is 66.8 Å². The van der Waals surface area contributed by atoms with Crippen LogP contribution in [0, 0.1) is 0 Å². The van der Waals surface area contributed by atoms with Crippen LogP contribution in [0.3, 0.4) is 0 Å². The average molecular weight is 393 g/mol. The number of fused-ring (bicyclic) bond motifs is 1. The van der Waals surface area contributed by atoms with Gasteiger partial charge in [0.05, 0.1) is 28.3 Å². The maximum Gasteiger partial charge on any atom is 0.247 e. The molecule has 0 aliphatic carbocycles. The van der Waals surface area contributed by atoms with Crippen molar-refractivity contribution in [2.75, 3.05) is 16.4 Å². The van der Waals surface area contributed by atoms with Crippen LogP contribution in [-0.4, -0.2) is 42.3 Å². The zero-order chi connectivity index (χ0) is 16.8. The summed E-state index contributed by atoms with van der Waals surface area (Å²) in [5.41, 5.74) is 0.621. The van der Waals surface area contributed by atoms with E-state index in [2.05, 4.69) is 4.99 Å². The summed E-state index contributed by atoms with van der Waals surface area (Å²) in [7, 11) is -3.10. The number of halogens is 2. The number of anilines is 1. The van der Waals surface area contributed by atoms with Crippen LogP contribution in [0.5, 0.6) is 0 Å². The molecule has 2 fully saturated rings. The summed E-state index contributed by atoms with van der Waals surface area (Å²) in [6.07, 6.45) is 0.292. The normalized spacial score (nSPS) is 27.4. The van der Waals surface area contributed by atoms with Crippen LogP contribution in [0.25, 0.3) is 0 Å². The largest absolute Gasteiger partial charge is 0.314 e. The Morgan fingerprint density at radius 3 is 2.78 bits per heavy atom. The molecule has 9 heteroatoms. The molecule has 0 N–H and O–H groups in total. The number of hydrogen-bond acceptors (Lipinski definition) is 4. The number of carbonyl (C=O) groups is 1. The summed E-state index contributed by atoms with van der Waals surface area (Å²) < 4.78 is 23.9. The SMILES string of the molecule is CCC(=O)N=C1S[C@H]2CS(=O)(=O)C[C@@H]2N1c1ccc(Cl)cc1Cl.